The first-order valence-corrected chi connectivity index (χ1v) is 12.3. The van der Waals surface area contributed by atoms with Gasteiger partial charge >= 0.3 is 0 Å². The number of ether oxygens (including phenoxy) is 1. The third-order valence-corrected chi connectivity index (χ3v) is 7.33. The molecule has 0 aliphatic rings. The van der Waals surface area contributed by atoms with Crippen molar-refractivity contribution in [3.63, 3.8) is 0 Å². The minimum atomic E-state index is -3.88. The van der Waals surface area contributed by atoms with Crippen LogP contribution in [-0.2, 0) is 10.0 Å². The van der Waals surface area contributed by atoms with Gasteiger partial charge in [-0.15, -0.1) is 0 Å². The Hall–Kier alpha value is -3.32. The van der Waals surface area contributed by atoms with E-state index in [4.69, 9.17) is 4.74 Å². The molecule has 33 heavy (non-hydrogen) atoms. The van der Waals surface area contributed by atoms with Gasteiger partial charge < -0.3 is 10.1 Å². The largest absolute Gasteiger partial charge is 0.497 e. The normalized spacial score (nSPS) is 12.2. The van der Waals surface area contributed by atoms with Crippen LogP contribution >= 0.6 is 0 Å². The summed E-state index contributed by atoms with van der Waals surface area (Å²) >= 11 is 0. The zero-order valence-electron chi connectivity index (χ0n) is 19.6. The summed E-state index contributed by atoms with van der Waals surface area (Å²) in [6, 6.07) is 17.5. The van der Waals surface area contributed by atoms with Crippen LogP contribution in [-0.4, -0.2) is 21.4 Å². The number of hydrogen-bond acceptors (Lipinski definition) is 4. The monoisotopic (exact) mass is 466 g/mol. The summed E-state index contributed by atoms with van der Waals surface area (Å²) in [5, 5.41) is 3.01. The highest BCUT2D eigenvalue weighted by atomic mass is 32.2. The Bertz CT molecular complexity index is 1250. The van der Waals surface area contributed by atoms with E-state index in [2.05, 4.69) is 10.0 Å². The molecule has 0 heterocycles. The summed E-state index contributed by atoms with van der Waals surface area (Å²) in [7, 11) is -2.27. The Morgan fingerprint density at radius 2 is 1.67 bits per heavy atom. The number of hydrogen-bond donors (Lipinski definition) is 2. The van der Waals surface area contributed by atoms with Gasteiger partial charge in [0.2, 0.25) is 0 Å². The highest BCUT2D eigenvalue weighted by molar-refractivity contribution is 7.92. The molecule has 3 aromatic carbocycles. The fourth-order valence-electron chi connectivity index (χ4n) is 3.59. The lowest BCUT2D eigenvalue weighted by atomic mass is 10.0. The number of aryl methyl sites for hydroxylation is 2. The minimum Gasteiger partial charge on any atom is -0.497 e. The Morgan fingerprint density at radius 1 is 0.970 bits per heavy atom. The first-order chi connectivity index (χ1) is 15.7. The lowest BCUT2D eigenvalue weighted by Crippen LogP contribution is -2.28. The fourth-order valence-corrected chi connectivity index (χ4v) is 4.99. The van der Waals surface area contributed by atoms with Crippen molar-refractivity contribution in [2.75, 3.05) is 11.8 Å². The van der Waals surface area contributed by atoms with Crippen molar-refractivity contribution < 1.29 is 17.9 Å². The Balaban J connectivity index is 1.86. The third kappa shape index (κ3) is 5.54. The van der Waals surface area contributed by atoms with Crippen molar-refractivity contribution in [1.82, 2.24) is 5.32 Å². The van der Waals surface area contributed by atoms with Gasteiger partial charge in [0.15, 0.2) is 0 Å². The molecule has 7 heteroatoms. The summed E-state index contributed by atoms with van der Waals surface area (Å²) in [5.74, 6) is 0.408. The van der Waals surface area contributed by atoms with Gasteiger partial charge in [-0.25, -0.2) is 8.42 Å². The molecular weight excluding hydrogens is 436 g/mol. The zero-order chi connectivity index (χ0) is 24.2. The Kier molecular flexibility index (Phi) is 7.43. The number of methoxy groups -OCH3 is 1. The average molecular weight is 467 g/mol. The van der Waals surface area contributed by atoms with E-state index in [0.29, 0.717) is 17.7 Å². The zero-order valence-corrected chi connectivity index (χ0v) is 20.4. The second kappa shape index (κ2) is 10.1. The topological polar surface area (TPSA) is 84.5 Å². The van der Waals surface area contributed by atoms with Gasteiger partial charge in [0.1, 0.15) is 5.75 Å². The van der Waals surface area contributed by atoms with E-state index in [-0.39, 0.29) is 22.4 Å². The van der Waals surface area contributed by atoms with Crippen molar-refractivity contribution in [2.24, 2.45) is 0 Å². The van der Waals surface area contributed by atoms with E-state index in [0.717, 1.165) is 22.4 Å². The molecule has 0 aliphatic carbocycles. The highest BCUT2D eigenvalue weighted by Crippen LogP contribution is 2.25. The van der Waals surface area contributed by atoms with Gasteiger partial charge in [0.25, 0.3) is 15.9 Å². The van der Waals surface area contributed by atoms with Crippen LogP contribution in [0.4, 0.5) is 5.69 Å². The standard InChI is InChI=1S/C26H30N2O4S/c1-6-23(20-12-14-22(32-5)15-13-20)27-26(29)21-11-10-18(3)25(16-21)33(30,31)28-24-9-7-8-17(2)19(24)4/h7-16,23,28H,6H2,1-5H3,(H,27,29). The summed E-state index contributed by atoms with van der Waals surface area (Å²) < 4.78 is 34.2. The molecule has 0 aromatic heterocycles. The van der Waals surface area contributed by atoms with Crippen LogP contribution in [0.2, 0.25) is 0 Å². The summed E-state index contributed by atoms with van der Waals surface area (Å²) in [5.41, 5.74) is 4.17. The SMILES string of the molecule is CCC(NC(=O)c1ccc(C)c(S(=O)(=O)Nc2cccc(C)c2C)c1)c1ccc(OC)cc1. The fraction of sp³-hybridized carbons (Fsp3) is 0.269. The van der Waals surface area contributed by atoms with Crippen LogP contribution in [0.5, 0.6) is 5.75 Å². The average Bonchev–Trinajstić information content (AvgIpc) is 2.80. The first-order valence-electron chi connectivity index (χ1n) is 10.8. The quantitative estimate of drug-likeness (QED) is 0.472. The number of rotatable bonds is 8. The van der Waals surface area contributed by atoms with E-state index in [1.54, 1.807) is 38.3 Å². The van der Waals surface area contributed by atoms with Crippen molar-refractivity contribution >= 4 is 21.6 Å². The second-order valence-corrected chi connectivity index (χ2v) is 9.69. The van der Waals surface area contributed by atoms with E-state index in [9.17, 15) is 13.2 Å². The van der Waals surface area contributed by atoms with Crippen LogP contribution in [0.25, 0.3) is 0 Å². The first kappa shape index (κ1) is 24.3. The molecule has 0 saturated heterocycles. The Morgan fingerprint density at radius 3 is 2.30 bits per heavy atom. The molecule has 1 atom stereocenters. The van der Waals surface area contributed by atoms with Gasteiger partial charge in [-0.1, -0.05) is 37.3 Å². The molecule has 0 aliphatic heterocycles. The van der Waals surface area contributed by atoms with Gasteiger partial charge in [0, 0.05) is 5.56 Å². The summed E-state index contributed by atoms with van der Waals surface area (Å²) in [6.45, 7) is 7.49. The van der Waals surface area contributed by atoms with Crippen LogP contribution in [0.3, 0.4) is 0 Å². The summed E-state index contributed by atoms with van der Waals surface area (Å²) in [4.78, 5) is 13.1. The molecule has 1 amide bonds. The smallest absolute Gasteiger partial charge is 0.262 e. The van der Waals surface area contributed by atoms with E-state index >= 15 is 0 Å². The van der Waals surface area contributed by atoms with Gasteiger partial charge in [0.05, 0.1) is 23.7 Å². The van der Waals surface area contributed by atoms with Crippen LogP contribution < -0.4 is 14.8 Å². The van der Waals surface area contributed by atoms with E-state index in [1.807, 2.05) is 51.1 Å². The van der Waals surface area contributed by atoms with E-state index in [1.165, 1.54) is 6.07 Å². The molecule has 6 nitrogen and oxygen atoms in total. The number of amides is 1. The number of anilines is 1. The molecule has 174 valence electrons. The minimum absolute atomic E-state index is 0.0774. The summed E-state index contributed by atoms with van der Waals surface area (Å²) in [6.07, 6.45) is 0.684. The maximum Gasteiger partial charge on any atom is 0.262 e. The number of carbonyl (C=O) groups excluding carboxylic acids is 1. The molecule has 0 radical (unpaired) electrons. The lowest BCUT2D eigenvalue weighted by molar-refractivity contribution is 0.0935. The maximum absolute atomic E-state index is 13.2. The number of sulfonamides is 1. The molecule has 1 unspecified atom stereocenters. The van der Waals surface area contributed by atoms with Gasteiger partial charge in [-0.05, 0) is 79.8 Å². The van der Waals surface area contributed by atoms with Crippen LogP contribution in [0, 0.1) is 20.8 Å². The van der Waals surface area contributed by atoms with E-state index < -0.39 is 10.0 Å². The molecule has 2 N–H and O–H groups in total. The maximum atomic E-state index is 13.2. The third-order valence-electron chi connectivity index (χ3n) is 5.82. The van der Waals surface area contributed by atoms with Gasteiger partial charge in [-0.3, -0.25) is 9.52 Å². The second-order valence-electron chi connectivity index (χ2n) is 8.04. The molecule has 0 saturated carbocycles. The molecular formula is C26H30N2O4S. The lowest BCUT2D eigenvalue weighted by Gasteiger charge is -2.19. The predicted molar refractivity (Wildman–Crippen MR) is 131 cm³/mol. The van der Waals surface area contributed by atoms with Gasteiger partial charge in [-0.2, -0.15) is 0 Å². The number of benzene rings is 3. The molecule has 0 spiro atoms. The predicted octanol–water partition coefficient (Wildman–Crippen LogP) is 5.30. The van der Waals surface area contributed by atoms with Crippen LogP contribution in [0.1, 0.15) is 52.0 Å². The molecule has 3 rings (SSSR count). The molecule has 3 aromatic rings. The van der Waals surface area contributed by atoms with Crippen molar-refractivity contribution in [2.45, 2.75) is 45.1 Å². The van der Waals surface area contributed by atoms with Crippen molar-refractivity contribution in [1.29, 1.82) is 0 Å². The Labute approximate surface area is 196 Å². The van der Waals surface area contributed by atoms with Crippen LogP contribution in [0.15, 0.2) is 65.6 Å². The molecule has 0 bridgehead atoms. The number of carbonyl (C=O) groups is 1. The van der Waals surface area contributed by atoms with Crippen molar-refractivity contribution in [3.05, 3.63) is 88.5 Å². The highest BCUT2D eigenvalue weighted by Gasteiger charge is 2.21. The number of nitrogens with one attached hydrogen (secondary N) is 2. The van der Waals surface area contributed by atoms with Crippen molar-refractivity contribution in [3.8, 4) is 5.75 Å². The molecule has 0 fully saturated rings.